The summed E-state index contributed by atoms with van der Waals surface area (Å²) in [7, 11) is -5.10. The summed E-state index contributed by atoms with van der Waals surface area (Å²) >= 11 is 0. The second kappa shape index (κ2) is 4.24. The molecule has 1 aromatic rings. The van der Waals surface area contributed by atoms with Crippen LogP contribution in [0.3, 0.4) is 0 Å². The van der Waals surface area contributed by atoms with Gasteiger partial charge >= 0.3 is 13.8 Å². The summed E-state index contributed by atoms with van der Waals surface area (Å²) in [6.45, 7) is 1.58. The molecule has 0 radical (unpaired) electrons. The van der Waals surface area contributed by atoms with Gasteiger partial charge in [-0.3, -0.25) is 0 Å². The molecule has 1 N–H and O–H groups in total. The molecule has 0 saturated heterocycles. The molecule has 0 spiro atoms. The van der Waals surface area contributed by atoms with E-state index in [4.69, 9.17) is 4.89 Å². The largest absolute Gasteiger partial charge is 0.442 e. The Kier molecular flexibility index (Phi) is 3.42. The van der Waals surface area contributed by atoms with Gasteiger partial charge in [0, 0.05) is 0 Å². The molecule has 0 aliphatic carbocycles. The summed E-state index contributed by atoms with van der Waals surface area (Å²) in [5, 5.41) is 0. The summed E-state index contributed by atoms with van der Waals surface area (Å²) in [5.41, 5.74) is 0.546. The van der Waals surface area contributed by atoms with Crippen LogP contribution >= 0.6 is 7.60 Å². The fourth-order valence-electron chi connectivity index (χ4n) is 0.861. The molecular weight excluding hydrogens is 232 g/mol. The van der Waals surface area contributed by atoms with E-state index in [0.717, 1.165) is 12.1 Å². The van der Waals surface area contributed by atoms with Crippen molar-refractivity contribution in [2.45, 2.75) is 13.1 Å². The first kappa shape index (κ1) is 12.1. The highest BCUT2D eigenvalue weighted by Crippen LogP contribution is 2.49. The van der Waals surface area contributed by atoms with Crippen LogP contribution in [0.5, 0.6) is 5.75 Å². The van der Waals surface area contributed by atoms with E-state index in [2.05, 4.69) is 4.52 Å². The van der Waals surface area contributed by atoms with Crippen LogP contribution in [0, 0.1) is 12.7 Å². The van der Waals surface area contributed by atoms with E-state index in [1.807, 2.05) is 0 Å². The predicted molar refractivity (Wildman–Crippen MR) is 47.6 cm³/mol. The molecule has 1 unspecified atom stereocenters. The van der Waals surface area contributed by atoms with Gasteiger partial charge in [-0.2, -0.15) is 8.78 Å². The van der Waals surface area contributed by atoms with Crippen molar-refractivity contribution in [2.24, 2.45) is 0 Å². The molecule has 0 saturated carbocycles. The van der Waals surface area contributed by atoms with Crippen LogP contribution in [-0.4, -0.2) is 11.1 Å². The highest BCUT2D eigenvalue weighted by Gasteiger charge is 2.35. The highest BCUT2D eigenvalue weighted by atomic mass is 31.2. The first-order valence-corrected chi connectivity index (χ1v) is 5.54. The maximum absolute atomic E-state index is 13.0. The van der Waals surface area contributed by atoms with Crippen molar-refractivity contribution in [1.29, 1.82) is 0 Å². The number of halogens is 3. The fraction of sp³-hybridized carbons (Fsp3) is 0.250. The summed E-state index contributed by atoms with van der Waals surface area (Å²) < 4.78 is 51.7. The number of alkyl halides is 2. The Bertz CT molecular complexity index is 408. The molecule has 0 aliphatic rings. The molecular formula is C8H8F3O3P. The van der Waals surface area contributed by atoms with E-state index in [1.165, 1.54) is 6.07 Å². The van der Waals surface area contributed by atoms with Gasteiger partial charge < -0.3 is 9.42 Å². The Labute approximate surface area is 84.0 Å². The summed E-state index contributed by atoms with van der Waals surface area (Å²) in [6.07, 6.45) is -3.56. The number of benzene rings is 1. The molecule has 7 heteroatoms. The SMILES string of the molecule is Cc1ccc(OP(=O)(O)C(F)F)c(F)c1. The zero-order valence-corrected chi connectivity index (χ0v) is 8.55. The van der Waals surface area contributed by atoms with Gasteiger partial charge in [-0.1, -0.05) is 6.07 Å². The van der Waals surface area contributed by atoms with Crippen molar-refractivity contribution in [2.75, 3.05) is 0 Å². The third-order valence-electron chi connectivity index (χ3n) is 1.56. The molecule has 0 aromatic heterocycles. The van der Waals surface area contributed by atoms with Gasteiger partial charge in [-0.15, -0.1) is 0 Å². The van der Waals surface area contributed by atoms with Gasteiger partial charge in [0.2, 0.25) is 0 Å². The smallest absolute Gasteiger partial charge is 0.418 e. The lowest BCUT2D eigenvalue weighted by molar-refractivity contribution is 0.187. The van der Waals surface area contributed by atoms with Crippen molar-refractivity contribution in [3.8, 4) is 5.75 Å². The van der Waals surface area contributed by atoms with Gasteiger partial charge in [0.05, 0.1) is 0 Å². The predicted octanol–water partition coefficient (Wildman–Crippen LogP) is 2.92. The first-order valence-electron chi connectivity index (χ1n) is 3.89. The van der Waals surface area contributed by atoms with E-state index < -0.39 is 25.3 Å². The number of hydrogen-bond acceptors (Lipinski definition) is 2. The second-order valence-electron chi connectivity index (χ2n) is 2.87. The Morgan fingerprint density at radius 2 is 2.07 bits per heavy atom. The second-order valence-corrected chi connectivity index (χ2v) is 4.57. The zero-order valence-electron chi connectivity index (χ0n) is 7.65. The van der Waals surface area contributed by atoms with Gasteiger partial charge in [0.15, 0.2) is 11.6 Å². The quantitative estimate of drug-likeness (QED) is 0.826. The van der Waals surface area contributed by atoms with Gasteiger partial charge in [-0.05, 0) is 24.6 Å². The van der Waals surface area contributed by atoms with Crippen LogP contribution in [0.2, 0.25) is 0 Å². The van der Waals surface area contributed by atoms with E-state index in [-0.39, 0.29) is 0 Å². The maximum atomic E-state index is 13.0. The molecule has 1 atom stereocenters. The van der Waals surface area contributed by atoms with Crippen LogP contribution in [-0.2, 0) is 4.57 Å². The molecule has 0 fully saturated rings. The Morgan fingerprint density at radius 1 is 1.47 bits per heavy atom. The lowest BCUT2D eigenvalue weighted by Gasteiger charge is -2.12. The molecule has 15 heavy (non-hydrogen) atoms. The first-order chi connectivity index (χ1) is 6.83. The van der Waals surface area contributed by atoms with Crippen molar-refractivity contribution in [1.82, 2.24) is 0 Å². The van der Waals surface area contributed by atoms with Crippen molar-refractivity contribution in [3.05, 3.63) is 29.6 Å². The molecule has 84 valence electrons. The molecule has 0 aliphatic heterocycles. The third-order valence-corrected chi connectivity index (χ3v) is 2.51. The Hall–Kier alpha value is -1.00. The number of hydrogen-bond donors (Lipinski definition) is 1. The lowest BCUT2D eigenvalue weighted by Crippen LogP contribution is -2.02. The molecule has 0 amide bonds. The van der Waals surface area contributed by atoms with E-state index >= 15 is 0 Å². The van der Waals surface area contributed by atoms with E-state index in [1.54, 1.807) is 6.92 Å². The summed E-state index contributed by atoms with van der Waals surface area (Å²) in [5.74, 6) is -1.61. The molecule has 0 heterocycles. The monoisotopic (exact) mass is 240 g/mol. The zero-order chi connectivity index (χ0) is 11.6. The summed E-state index contributed by atoms with van der Waals surface area (Å²) in [4.78, 5) is 8.66. The normalized spacial score (nSPS) is 15.1. The highest BCUT2D eigenvalue weighted by molar-refractivity contribution is 7.53. The van der Waals surface area contributed by atoms with Crippen molar-refractivity contribution in [3.63, 3.8) is 0 Å². The third kappa shape index (κ3) is 2.97. The molecule has 3 nitrogen and oxygen atoms in total. The summed E-state index contributed by atoms with van der Waals surface area (Å²) in [6, 6.07) is 3.42. The van der Waals surface area contributed by atoms with Gasteiger partial charge in [0.25, 0.3) is 0 Å². The van der Waals surface area contributed by atoms with Crippen molar-refractivity contribution < 1.29 is 27.2 Å². The number of rotatable bonds is 3. The molecule has 1 rings (SSSR count). The minimum absolute atomic E-state index is 0.546. The minimum atomic E-state index is -5.10. The molecule has 0 bridgehead atoms. The van der Waals surface area contributed by atoms with Gasteiger partial charge in [-0.25, -0.2) is 8.96 Å². The average Bonchev–Trinajstić information content (AvgIpc) is 2.09. The number of aryl methyl sites for hydroxylation is 1. The van der Waals surface area contributed by atoms with Gasteiger partial charge in [0.1, 0.15) is 0 Å². The lowest BCUT2D eigenvalue weighted by atomic mass is 10.2. The minimum Gasteiger partial charge on any atom is -0.418 e. The Morgan fingerprint density at radius 3 is 2.53 bits per heavy atom. The van der Waals surface area contributed by atoms with Crippen LogP contribution in [0.1, 0.15) is 5.56 Å². The van der Waals surface area contributed by atoms with Crippen LogP contribution in [0.4, 0.5) is 13.2 Å². The van der Waals surface area contributed by atoms with Crippen LogP contribution < -0.4 is 4.52 Å². The Balaban J connectivity index is 2.95. The van der Waals surface area contributed by atoms with Crippen molar-refractivity contribution >= 4 is 7.60 Å². The van der Waals surface area contributed by atoms with Crippen LogP contribution in [0.25, 0.3) is 0 Å². The standard InChI is InChI=1S/C8H8F3O3P/c1-5-2-3-7(6(9)4-5)14-15(12,13)8(10)11/h2-4,8H,1H3,(H,12,13). The molecule has 1 aromatic carbocycles. The maximum Gasteiger partial charge on any atom is 0.442 e. The van der Waals surface area contributed by atoms with E-state index in [9.17, 15) is 17.7 Å². The van der Waals surface area contributed by atoms with Crippen LogP contribution in [0.15, 0.2) is 18.2 Å². The average molecular weight is 240 g/mol. The fourth-order valence-corrected chi connectivity index (χ4v) is 1.37. The van der Waals surface area contributed by atoms with E-state index in [0.29, 0.717) is 5.56 Å². The topological polar surface area (TPSA) is 46.5 Å².